The summed E-state index contributed by atoms with van der Waals surface area (Å²) >= 11 is 3.37. The zero-order chi connectivity index (χ0) is 19.4. The molecule has 27 heavy (non-hydrogen) atoms. The molecule has 0 radical (unpaired) electrons. The number of nitrogens with one attached hydrogen (secondary N) is 2. The molecule has 140 valence electrons. The lowest BCUT2D eigenvalue weighted by Gasteiger charge is -2.36. The minimum Gasteiger partial charge on any atom is -0.352 e. The normalized spacial score (nSPS) is 17.8. The van der Waals surface area contributed by atoms with Crippen molar-refractivity contribution >= 4 is 33.7 Å². The Morgan fingerprint density at radius 1 is 1.15 bits per heavy atom. The van der Waals surface area contributed by atoms with Crippen molar-refractivity contribution in [2.75, 3.05) is 13.1 Å². The van der Waals surface area contributed by atoms with Crippen LogP contribution in [0.2, 0.25) is 0 Å². The summed E-state index contributed by atoms with van der Waals surface area (Å²) in [7, 11) is 0. The van der Waals surface area contributed by atoms with E-state index in [1.807, 2.05) is 30.3 Å². The molecular weight excluding hydrogens is 410 g/mol. The van der Waals surface area contributed by atoms with Gasteiger partial charge < -0.3 is 15.5 Å². The minimum atomic E-state index is -0.749. The molecule has 0 saturated carbocycles. The Morgan fingerprint density at radius 2 is 1.81 bits per heavy atom. The molecule has 0 aliphatic carbocycles. The van der Waals surface area contributed by atoms with Gasteiger partial charge in [0.2, 0.25) is 11.8 Å². The van der Waals surface area contributed by atoms with Gasteiger partial charge in [0.25, 0.3) is 5.91 Å². The molecule has 1 saturated heterocycles. The Morgan fingerprint density at radius 3 is 2.48 bits per heavy atom. The lowest BCUT2D eigenvalue weighted by Crippen LogP contribution is -2.56. The van der Waals surface area contributed by atoms with Crippen LogP contribution in [0.15, 0.2) is 59.1 Å². The highest BCUT2D eigenvalue weighted by Crippen LogP contribution is 2.25. The highest BCUT2D eigenvalue weighted by molar-refractivity contribution is 9.10. The van der Waals surface area contributed by atoms with Crippen LogP contribution in [0, 0.1) is 0 Å². The lowest BCUT2D eigenvalue weighted by molar-refractivity contribution is -0.144. The van der Waals surface area contributed by atoms with Gasteiger partial charge in [0.1, 0.15) is 12.1 Å². The third kappa shape index (κ3) is 4.36. The first-order valence-electron chi connectivity index (χ1n) is 8.67. The average Bonchev–Trinajstić information content (AvgIpc) is 2.68. The van der Waals surface area contributed by atoms with Crippen LogP contribution in [0.25, 0.3) is 0 Å². The van der Waals surface area contributed by atoms with Gasteiger partial charge in [-0.15, -0.1) is 0 Å². The van der Waals surface area contributed by atoms with E-state index in [0.29, 0.717) is 18.7 Å². The number of piperazine rings is 1. The van der Waals surface area contributed by atoms with E-state index in [9.17, 15) is 14.4 Å². The summed E-state index contributed by atoms with van der Waals surface area (Å²) in [6.07, 6.45) is 0. The molecule has 3 amide bonds. The predicted octanol–water partition coefficient (Wildman–Crippen LogP) is 2.27. The summed E-state index contributed by atoms with van der Waals surface area (Å²) in [5.74, 6) is -0.835. The number of amides is 3. The zero-order valence-corrected chi connectivity index (χ0v) is 16.4. The van der Waals surface area contributed by atoms with E-state index in [4.69, 9.17) is 0 Å². The SMILES string of the molecule is C[C@H](NC(=O)c1ccccc1)C(=O)N1CCNC(=O)[C@H]1c1ccc(Br)cc1. The number of hydrogen-bond acceptors (Lipinski definition) is 3. The third-order valence-electron chi connectivity index (χ3n) is 4.43. The molecule has 0 aromatic heterocycles. The molecule has 0 unspecified atom stereocenters. The van der Waals surface area contributed by atoms with Crippen molar-refractivity contribution in [2.24, 2.45) is 0 Å². The van der Waals surface area contributed by atoms with Gasteiger partial charge >= 0.3 is 0 Å². The largest absolute Gasteiger partial charge is 0.352 e. The Bertz CT molecular complexity index is 839. The van der Waals surface area contributed by atoms with Crippen LogP contribution in [0.3, 0.4) is 0 Å². The molecule has 2 N–H and O–H groups in total. The first kappa shape index (κ1) is 19.1. The van der Waals surface area contributed by atoms with Gasteiger partial charge in [-0.05, 0) is 36.8 Å². The van der Waals surface area contributed by atoms with Crippen molar-refractivity contribution in [1.82, 2.24) is 15.5 Å². The molecule has 3 rings (SSSR count). The van der Waals surface area contributed by atoms with Gasteiger partial charge in [0, 0.05) is 23.1 Å². The van der Waals surface area contributed by atoms with Crippen LogP contribution in [0.1, 0.15) is 28.9 Å². The molecule has 0 bridgehead atoms. The highest BCUT2D eigenvalue weighted by Gasteiger charge is 2.36. The second-order valence-corrected chi connectivity index (χ2v) is 7.25. The van der Waals surface area contributed by atoms with Crippen molar-refractivity contribution in [3.63, 3.8) is 0 Å². The monoisotopic (exact) mass is 429 g/mol. The summed E-state index contributed by atoms with van der Waals surface area (Å²) in [5, 5.41) is 5.52. The summed E-state index contributed by atoms with van der Waals surface area (Å²) in [6.45, 7) is 2.40. The van der Waals surface area contributed by atoms with Gasteiger partial charge in [0.05, 0.1) is 0 Å². The molecule has 0 spiro atoms. The molecule has 7 heteroatoms. The lowest BCUT2D eigenvalue weighted by atomic mass is 10.0. The maximum Gasteiger partial charge on any atom is 0.251 e. The first-order chi connectivity index (χ1) is 13.0. The molecule has 1 heterocycles. The van der Waals surface area contributed by atoms with Gasteiger partial charge in [-0.2, -0.15) is 0 Å². The maximum atomic E-state index is 13.0. The van der Waals surface area contributed by atoms with E-state index in [1.165, 1.54) is 4.90 Å². The number of hydrogen-bond donors (Lipinski definition) is 2. The van der Waals surface area contributed by atoms with E-state index in [2.05, 4.69) is 26.6 Å². The van der Waals surface area contributed by atoms with Crippen molar-refractivity contribution in [2.45, 2.75) is 19.0 Å². The molecular formula is C20H20BrN3O3. The summed E-state index contributed by atoms with van der Waals surface area (Å²) in [5.41, 5.74) is 1.21. The standard InChI is InChI=1S/C20H20BrN3O3/c1-13(23-18(25)15-5-3-2-4-6-15)20(27)24-12-11-22-19(26)17(24)14-7-9-16(21)10-8-14/h2-10,13,17H,11-12H2,1H3,(H,22,26)(H,23,25)/t13-,17+/m0/s1. The Hall–Kier alpha value is -2.67. The first-order valence-corrected chi connectivity index (χ1v) is 9.46. The molecule has 6 nitrogen and oxygen atoms in total. The van der Waals surface area contributed by atoms with Crippen molar-refractivity contribution in [1.29, 1.82) is 0 Å². The van der Waals surface area contributed by atoms with Gasteiger partial charge in [0.15, 0.2) is 0 Å². The van der Waals surface area contributed by atoms with Crippen molar-refractivity contribution in [3.05, 3.63) is 70.2 Å². The van der Waals surface area contributed by atoms with E-state index < -0.39 is 12.1 Å². The Balaban J connectivity index is 1.77. The van der Waals surface area contributed by atoms with Crippen LogP contribution < -0.4 is 10.6 Å². The second-order valence-electron chi connectivity index (χ2n) is 6.34. The molecule has 1 aliphatic heterocycles. The fourth-order valence-corrected chi connectivity index (χ4v) is 3.32. The number of nitrogens with zero attached hydrogens (tertiary/aromatic N) is 1. The average molecular weight is 430 g/mol. The van der Waals surface area contributed by atoms with Gasteiger partial charge in [-0.25, -0.2) is 0 Å². The predicted molar refractivity (Wildman–Crippen MR) is 105 cm³/mol. The molecule has 2 atom stereocenters. The van der Waals surface area contributed by atoms with E-state index in [1.54, 1.807) is 31.2 Å². The van der Waals surface area contributed by atoms with Gasteiger partial charge in [-0.1, -0.05) is 46.3 Å². The molecule has 1 aliphatic rings. The van der Waals surface area contributed by atoms with Crippen LogP contribution in [0.4, 0.5) is 0 Å². The van der Waals surface area contributed by atoms with E-state index in [-0.39, 0.29) is 17.7 Å². The molecule has 2 aromatic rings. The fourth-order valence-electron chi connectivity index (χ4n) is 3.06. The van der Waals surface area contributed by atoms with E-state index >= 15 is 0 Å². The zero-order valence-electron chi connectivity index (χ0n) is 14.8. The van der Waals surface area contributed by atoms with Crippen LogP contribution in [-0.2, 0) is 9.59 Å². The van der Waals surface area contributed by atoms with Crippen LogP contribution in [-0.4, -0.2) is 41.8 Å². The molecule has 2 aromatic carbocycles. The smallest absolute Gasteiger partial charge is 0.251 e. The van der Waals surface area contributed by atoms with Crippen LogP contribution >= 0.6 is 15.9 Å². The summed E-state index contributed by atoms with van der Waals surface area (Å²) in [4.78, 5) is 39.3. The maximum absolute atomic E-state index is 13.0. The quantitative estimate of drug-likeness (QED) is 0.782. The second kappa shape index (κ2) is 8.35. The van der Waals surface area contributed by atoms with Gasteiger partial charge in [-0.3, -0.25) is 14.4 Å². The topological polar surface area (TPSA) is 78.5 Å². The van der Waals surface area contributed by atoms with Crippen molar-refractivity contribution in [3.8, 4) is 0 Å². The fraction of sp³-hybridized carbons (Fsp3) is 0.250. The molecule has 1 fully saturated rings. The Labute approximate surface area is 166 Å². The number of carbonyl (C=O) groups excluding carboxylic acids is 3. The number of halogens is 1. The van der Waals surface area contributed by atoms with E-state index in [0.717, 1.165) is 10.0 Å². The minimum absolute atomic E-state index is 0.224. The summed E-state index contributed by atoms with van der Waals surface area (Å²) in [6, 6.07) is 14.6. The Kier molecular flexibility index (Phi) is 5.91. The third-order valence-corrected chi connectivity index (χ3v) is 4.96. The van der Waals surface area contributed by atoms with Crippen molar-refractivity contribution < 1.29 is 14.4 Å². The number of carbonyl (C=O) groups is 3. The summed E-state index contributed by atoms with van der Waals surface area (Å²) < 4.78 is 0.892. The number of benzene rings is 2. The number of rotatable bonds is 4. The van der Waals surface area contributed by atoms with Crippen LogP contribution in [0.5, 0.6) is 0 Å². The highest BCUT2D eigenvalue weighted by atomic mass is 79.9.